The first-order valence-electron chi connectivity index (χ1n) is 7.65. The van der Waals surface area contributed by atoms with Gasteiger partial charge in [-0.05, 0) is 60.2 Å². The molecule has 21 heavy (non-hydrogen) atoms. The molecule has 1 aliphatic heterocycles. The molecule has 2 aromatic carbocycles. The van der Waals surface area contributed by atoms with Crippen molar-refractivity contribution in [2.75, 3.05) is 31.1 Å². The molecule has 0 aliphatic carbocycles. The van der Waals surface area contributed by atoms with E-state index in [0.29, 0.717) is 0 Å². The lowest BCUT2D eigenvalue weighted by Crippen LogP contribution is -2.28. The van der Waals surface area contributed by atoms with E-state index in [1.54, 1.807) is 0 Å². The number of hydrogen-bond donors (Lipinski definition) is 2. The van der Waals surface area contributed by atoms with E-state index in [-0.39, 0.29) is 0 Å². The minimum atomic E-state index is 0.835. The lowest BCUT2D eigenvalue weighted by atomic mass is 10.0. The van der Waals surface area contributed by atoms with Crippen LogP contribution < -0.4 is 11.5 Å². The molecule has 0 saturated carbocycles. The molecule has 2 aromatic rings. The molecule has 3 nitrogen and oxygen atoms in total. The van der Waals surface area contributed by atoms with Gasteiger partial charge in [-0.25, -0.2) is 0 Å². The highest BCUT2D eigenvalue weighted by Crippen LogP contribution is 2.19. The number of nitrogen functional groups attached to an aromatic ring is 2. The third kappa shape index (κ3) is 3.56. The summed E-state index contributed by atoms with van der Waals surface area (Å²) in [5, 5.41) is 0. The van der Waals surface area contributed by atoms with Crippen molar-refractivity contribution in [3.05, 3.63) is 59.2 Å². The van der Waals surface area contributed by atoms with E-state index in [2.05, 4.69) is 29.2 Å². The minimum absolute atomic E-state index is 0.835. The summed E-state index contributed by atoms with van der Waals surface area (Å²) < 4.78 is 0. The largest absolute Gasteiger partial charge is 0.399 e. The van der Waals surface area contributed by atoms with Crippen LogP contribution in [0.4, 0.5) is 11.4 Å². The number of hydrogen-bond acceptors (Lipinski definition) is 3. The Morgan fingerprint density at radius 2 is 1.48 bits per heavy atom. The van der Waals surface area contributed by atoms with Crippen molar-refractivity contribution in [2.24, 2.45) is 0 Å². The van der Waals surface area contributed by atoms with Crippen LogP contribution in [-0.2, 0) is 19.3 Å². The number of anilines is 2. The van der Waals surface area contributed by atoms with Crippen molar-refractivity contribution in [3.8, 4) is 0 Å². The van der Waals surface area contributed by atoms with Crippen LogP contribution in [0, 0.1) is 0 Å². The third-order valence-electron chi connectivity index (χ3n) is 4.32. The Labute approximate surface area is 126 Å². The molecule has 3 heteroatoms. The van der Waals surface area contributed by atoms with Crippen molar-refractivity contribution in [1.29, 1.82) is 0 Å². The maximum atomic E-state index is 5.89. The first-order chi connectivity index (χ1) is 10.2. The lowest BCUT2D eigenvalue weighted by molar-refractivity contribution is 0.291. The van der Waals surface area contributed by atoms with Crippen molar-refractivity contribution >= 4 is 11.4 Å². The van der Waals surface area contributed by atoms with Gasteiger partial charge in [0.15, 0.2) is 0 Å². The average molecular weight is 281 g/mol. The van der Waals surface area contributed by atoms with Crippen LogP contribution in [-0.4, -0.2) is 24.5 Å². The molecule has 0 saturated heterocycles. The van der Waals surface area contributed by atoms with Gasteiger partial charge in [0.05, 0.1) is 0 Å². The van der Waals surface area contributed by atoms with E-state index in [1.165, 1.54) is 16.7 Å². The summed E-state index contributed by atoms with van der Waals surface area (Å²) in [5.41, 5.74) is 17.6. The Bertz CT molecular complexity index is 604. The Morgan fingerprint density at radius 3 is 2.24 bits per heavy atom. The highest BCUT2D eigenvalue weighted by molar-refractivity contribution is 5.45. The quantitative estimate of drug-likeness (QED) is 0.850. The Morgan fingerprint density at radius 1 is 0.810 bits per heavy atom. The molecule has 1 heterocycles. The molecule has 0 spiro atoms. The number of benzene rings is 2. The summed E-state index contributed by atoms with van der Waals surface area (Å²) in [5.74, 6) is 0. The van der Waals surface area contributed by atoms with Gasteiger partial charge < -0.3 is 16.4 Å². The number of rotatable bonds is 3. The standard InChI is InChI=1S/C18H23N3/c19-17-4-1-14(2-5-17)7-10-21-11-8-15-3-6-18(20)13-16(15)9-12-21/h1-6,13H,7-12,19-20H2. The highest BCUT2D eigenvalue weighted by Gasteiger charge is 2.13. The molecule has 4 N–H and O–H groups in total. The molecule has 0 fully saturated rings. The predicted molar refractivity (Wildman–Crippen MR) is 89.3 cm³/mol. The monoisotopic (exact) mass is 281 g/mol. The highest BCUT2D eigenvalue weighted by atomic mass is 15.1. The lowest BCUT2D eigenvalue weighted by Gasteiger charge is -2.19. The summed E-state index contributed by atoms with van der Waals surface area (Å²) >= 11 is 0. The van der Waals surface area contributed by atoms with E-state index in [9.17, 15) is 0 Å². The van der Waals surface area contributed by atoms with Gasteiger partial charge in [0.1, 0.15) is 0 Å². The summed E-state index contributed by atoms with van der Waals surface area (Å²) in [6, 6.07) is 14.6. The molecule has 1 aliphatic rings. The first-order valence-corrected chi connectivity index (χ1v) is 7.65. The van der Waals surface area contributed by atoms with E-state index in [0.717, 1.165) is 50.3 Å². The summed E-state index contributed by atoms with van der Waals surface area (Å²) in [6.07, 6.45) is 3.30. The second kappa shape index (κ2) is 6.19. The van der Waals surface area contributed by atoms with E-state index in [4.69, 9.17) is 11.5 Å². The number of fused-ring (bicyclic) bond motifs is 1. The van der Waals surface area contributed by atoms with Crippen molar-refractivity contribution in [2.45, 2.75) is 19.3 Å². The molecule has 110 valence electrons. The molecular weight excluding hydrogens is 258 g/mol. The molecule has 3 rings (SSSR count). The van der Waals surface area contributed by atoms with Gasteiger partial charge in [-0.2, -0.15) is 0 Å². The summed E-state index contributed by atoms with van der Waals surface area (Å²) in [7, 11) is 0. The SMILES string of the molecule is Nc1ccc(CCN2CCc3ccc(N)cc3CC2)cc1. The third-order valence-corrected chi connectivity index (χ3v) is 4.32. The number of nitrogens with zero attached hydrogens (tertiary/aromatic N) is 1. The fraction of sp³-hybridized carbons (Fsp3) is 0.333. The summed E-state index contributed by atoms with van der Waals surface area (Å²) in [6.45, 7) is 3.35. The van der Waals surface area contributed by atoms with Gasteiger partial charge in [-0.1, -0.05) is 18.2 Å². The molecular formula is C18H23N3. The molecule has 0 bridgehead atoms. The van der Waals surface area contributed by atoms with Gasteiger partial charge in [0.2, 0.25) is 0 Å². The smallest absolute Gasteiger partial charge is 0.0316 e. The molecule has 0 radical (unpaired) electrons. The first kappa shape index (κ1) is 14.0. The minimum Gasteiger partial charge on any atom is -0.399 e. The van der Waals surface area contributed by atoms with Gasteiger partial charge >= 0.3 is 0 Å². The Kier molecular flexibility index (Phi) is 4.11. The molecule has 0 aromatic heterocycles. The van der Waals surface area contributed by atoms with Crippen LogP contribution in [0.1, 0.15) is 16.7 Å². The van der Waals surface area contributed by atoms with Crippen LogP contribution in [0.5, 0.6) is 0 Å². The van der Waals surface area contributed by atoms with Gasteiger partial charge in [-0.3, -0.25) is 0 Å². The van der Waals surface area contributed by atoms with Crippen LogP contribution in [0.15, 0.2) is 42.5 Å². The molecule has 0 unspecified atom stereocenters. The van der Waals surface area contributed by atoms with Gasteiger partial charge in [-0.15, -0.1) is 0 Å². The van der Waals surface area contributed by atoms with E-state index in [1.807, 2.05) is 18.2 Å². The zero-order chi connectivity index (χ0) is 14.7. The van der Waals surface area contributed by atoms with Crippen molar-refractivity contribution in [3.63, 3.8) is 0 Å². The van der Waals surface area contributed by atoms with Crippen molar-refractivity contribution < 1.29 is 0 Å². The van der Waals surface area contributed by atoms with Crippen LogP contribution in [0.25, 0.3) is 0 Å². The zero-order valence-corrected chi connectivity index (χ0v) is 12.4. The van der Waals surface area contributed by atoms with Crippen molar-refractivity contribution in [1.82, 2.24) is 4.90 Å². The maximum Gasteiger partial charge on any atom is 0.0316 e. The summed E-state index contributed by atoms with van der Waals surface area (Å²) in [4.78, 5) is 2.55. The topological polar surface area (TPSA) is 55.3 Å². The second-order valence-corrected chi connectivity index (χ2v) is 5.86. The van der Waals surface area contributed by atoms with E-state index >= 15 is 0 Å². The average Bonchev–Trinajstić information content (AvgIpc) is 2.69. The van der Waals surface area contributed by atoms with Gasteiger partial charge in [0.25, 0.3) is 0 Å². The second-order valence-electron chi connectivity index (χ2n) is 5.86. The van der Waals surface area contributed by atoms with Gasteiger partial charge in [0, 0.05) is 31.0 Å². The predicted octanol–water partition coefficient (Wildman–Crippen LogP) is 2.49. The van der Waals surface area contributed by atoms with E-state index < -0.39 is 0 Å². The van der Waals surface area contributed by atoms with Crippen LogP contribution >= 0.6 is 0 Å². The molecule has 0 amide bonds. The normalized spacial score (nSPS) is 15.4. The molecule has 0 atom stereocenters. The zero-order valence-electron chi connectivity index (χ0n) is 12.4. The maximum absolute atomic E-state index is 5.89. The Balaban J connectivity index is 1.58. The van der Waals surface area contributed by atoms with Crippen LogP contribution in [0.2, 0.25) is 0 Å². The fourth-order valence-electron chi connectivity index (χ4n) is 2.99. The fourth-order valence-corrected chi connectivity index (χ4v) is 2.99. The number of nitrogens with two attached hydrogens (primary N) is 2. The Hall–Kier alpha value is -2.00. The van der Waals surface area contributed by atoms with Crippen LogP contribution in [0.3, 0.4) is 0 Å².